The molecule has 102 valence electrons. The maximum Gasteiger partial charge on any atom is 0.224 e. The summed E-state index contributed by atoms with van der Waals surface area (Å²) in [4.78, 5) is 15.1. The molecule has 0 atom stereocenters. The molecule has 19 heavy (non-hydrogen) atoms. The van der Waals surface area contributed by atoms with Crippen LogP contribution in [-0.4, -0.2) is 30.0 Å². The first-order valence-electron chi connectivity index (χ1n) is 6.09. The van der Waals surface area contributed by atoms with Crippen LogP contribution in [0.5, 0.6) is 0 Å². The van der Waals surface area contributed by atoms with Gasteiger partial charge in [-0.15, -0.1) is 0 Å². The van der Waals surface area contributed by atoms with Crippen LogP contribution in [0.2, 0.25) is 0 Å². The summed E-state index contributed by atoms with van der Waals surface area (Å²) >= 11 is 3.42. The number of nitrogens with two attached hydrogens (primary N) is 2. The van der Waals surface area contributed by atoms with E-state index in [1.54, 1.807) is 0 Å². The van der Waals surface area contributed by atoms with Crippen molar-refractivity contribution in [3.63, 3.8) is 0 Å². The van der Waals surface area contributed by atoms with E-state index in [0.717, 1.165) is 20.9 Å². The summed E-state index contributed by atoms with van der Waals surface area (Å²) < 4.78 is 1.00. The fourth-order valence-electron chi connectivity index (χ4n) is 1.97. The molecule has 1 amide bonds. The molecule has 0 spiro atoms. The van der Waals surface area contributed by atoms with Crippen molar-refractivity contribution < 1.29 is 4.79 Å². The van der Waals surface area contributed by atoms with E-state index in [4.69, 9.17) is 11.5 Å². The quantitative estimate of drug-likeness (QED) is 0.657. The molecule has 6 N–H and O–H groups in total. The van der Waals surface area contributed by atoms with Crippen molar-refractivity contribution in [1.29, 1.82) is 0 Å². The highest BCUT2D eigenvalue weighted by molar-refractivity contribution is 9.10. The number of aromatic nitrogens is 1. The number of amides is 1. The molecule has 0 bridgehead atoms. The summed E-state index contributed by atoms with van der Waals surface area (Å²) in [5.41, 5.74) is 13.0. The average Bonchev–Trinajstić information content (AvgIpc) is 2.78. The molecule has 0 aliphatic heterocycles. The summed E-state index contributed by atoms with van der Waals surface area (Å²) in [6, 6.07) is 5.77. The SMILES string of the molecule is NCC(CN)NC(=O)Cc1c[nH]c2cc(Br)ccc12. The predicted octanol–water partition coefficient (Wildman–Crippen LogP) is 0.875. The lowest BCUT2D eigenvalue weighted by atomic mass is 10.1. The van der Waals surface area contributed by atoms with Crippen LogP contribution in [0.15, 0.2) is 28.9 Å². The van der Waals surface area contributed by atoms with Gasteiger partial charge in [0.1, 0.15) is 0 Å². The predicted molar refractivity (Wildman–Crippen MR) is 79.7 cm³/mol. The third kappa shape index (κ3) is 3.34. The first-order valence-corrected chi connectivity index (χ1v) is 6.88. The normalized spacial score (nSPS) is 11.2. The zero-order valence-electron chi connectivity index (χ0n) is 10.4. The van der Waals surface area contributed by atoms with Gasteiger partial charge in [0.25, 0.3) is 0 Å². The van der Waals surface area contributed by atoms with Crippen molar-refractivity contribution in [2.75, 3.05) is 13.1 Å². The first-order chi connectivity index (χ1) is 9.13. The standard InChI is InChI=1S/C13H17BrN4O/c14-9-1-2-11-8(7-17-12(11)4-9)3-13(19)18-10(5-15)6-16/h1-2,4,7,10,17H,3,5-6,15-16H2,(H,18,19). The van der Waals surface area contributed by atoms with Gasteiger partial charge in [0.2, 0.25) is 5.91 Å². The van der Waals surface area contributed by atoms with Crippen molar-refractivity contribution in [3.8, 4) is 0 Å². The Balaban J connectivity index is 2.11. The van der Waals surface area contributed by atoms with Gasteiger partial charge in [-0.3, -0.25) is 4.79 Å². The Labute approximate surface area is 119 Å². The van der Waals surface area contributed by atoms with E-state index in [0.29, 0.717) is 19.5 Å². The number of nitrogens with one attached hydrogen (secondary N) is 2. The summed E-state index contributed by atoms with van der Waals surface area (Å²) in [5, 5.41) is 3.87. The van der Waals surface area contributed by atoms with Crippen LogP contribution in [0.4, 0.5) is 0 Å². The zero-order chi connectivity index (χ0) is 13.8. The van der Waals surface area contributed by atoms with Crippen molar-refractivity contribution in [2.45, 2.75) is 12.5 Å². The van der Waals surface area contributed by atoms with Gasteiger partial charge in [0.05, 0.1) is 12.5 Å². The third-order valence-electron chi connectivity index (χ3n) is 3.01. The molecule has 0 aliphatic rings. The molecule has 0 aliphatic carbocycles. The van der Waals surface area contributed by atoms with Crippen molar-refractivity contribution >= 4 is 32.7 Å². The number of aromatic amines is 1. The molecular weight excluding hydrogens is 308 g/mol. The van der Waals surface area contributed by atoms with Gasteiger partial charge in [0.15, 0.2) is 0 Å². The highest BCUT2D eigenvalue weighted by Crippen LogP contribution is 2.22. The van der Waals surface area contributed by atoms with E-state index in [9.17, 15) is 4.79 Å². The minimum absolute atomic E-state index is 0.0651. The molecule has 5 nitrogen and oxygen atoms in total. The van der Waals surface area contributed by atoms with E-state index in [1.165, 1.54) is 0 Å². The van der Waals surface area contributed by atoms with Crippen LogP contribution in [0.1, 0.15) is 5.56 Å². The number of fused-ring (bicyclic) bond motifs is 1. The Morgan fingerprint density at radius 3 is 2.79 bits per heavy atom. The molecule has 6 heteroatoms. The van der Waals surface area contributed by atoms with Gasteiger partial charge >= 0.3 is 0 Å². The van der Waals surface area contributed by atoms with Crippen molar-refractivity contribution in [2.24, 2.45) is 11.5 Å². The molecule has 2 rings (SSSR count). The van der Waals surface area contributed by atoms with E-state index >= 15 is 0 Å². The molecular formula is C13H17BrN4O. The molecule has 0 saturated carbocycles. The van der Waals surface area contributed by atoms with Crippen molar-refractivity contribution in [1.82, 2.24) is 10.3 Å². The van der Waals surface area contributed by atoms with Gasteiger partial charge in [-0.25, -0.2) is 0 Å². The lowest BCUT2D eigenvalue weighted by molar-refractivity contribution is -0.121. The largest absolute Gasteiger partial charge is 0.361 e. The van der Waals surface area contributed by atoms with Gasteiger partial charge in [0, 0.05) is 34.7 Å². The van der Waals surface area contributed by atoms with E-state index < -0.39 is 0 Å². The Kier molecular flexibility index (Phi) is 4.57. The Morgan fingerprint density at radius 1 is 1.37 bits per heavy atom. The topological polar surface area (TPSA) is 96.9 Å². The fourth-order valence-corrected chi connectivity index (χ4v) is 2.33. The Hall–Kier alpha value is -1.37. The maximum atomic E-state index is 11.9. The molecule has 0 unspecified atom stereocenters. The van der Waals surface area contributed by atoms with Crippen LogP contribution in [-0.2, 0) is 11.2 Å². The highest BCUT2D eigenvalue weighted by Gasteiger charge is 2.12. The number of carbonyl (C=O) groups excluding carboxylic acids is 1. The van der Waals surface area contributed by atoms with Crippen LogP contribution in [0.3, 0.4) is 0 Å². The number of halogens is 1. The van der Waals surface area contributed by atoms with Gasteiger partial charge in [-0.05, 0) is 17.7 Å². The van der Waals surface area contributed by atoms with Gasteiger partial charge in [-0.2, -0.15) is 0 Å². The van der Waals surface area contributed by atoms with Crippen LogP contribution in [0.25, 0.3) is 10.9 Å². The molecule has 0 radical (unpaired) electrons. The number of carbonyl (C=O) groups is 1. The highest BCUT2D eigenvalue weighted by atomic mass is 79.9. The van der Waals surface area contributed by atoms with Crippen LogP contribution in [0, 0.1) is 0 Å². The minimum atomic E-state index is -0.160. The number of hydrogen-bond acceptors (Lipinski definition) is 3. The molecule has 2 aromatic rings. The lowest BCUT2D eigenvalue weighted by Gasteiger charge is -2.14. The zero-order valence-corrected chi connectivity index (χ0v) is 12.0. The molecule has 1 aromatic carbocycles. The third-order valence-corrected chi connectivity index (χ3v) is 3.51. The Morgan fingerprint density at radius 2 is 2.11 bits per heavy atom. The molecule has 1 aromatic heterocycles. The maximum absolute atomic E-state index is 11.9. The summed E-state index contributed by atoms with van der Waals surface area (Å²) in [5.74, 6) is -0.0651. The Bertz CT molecular complexity index is 577. The smallest absolute Gasteiger partial charge is 0.224 e. The van der Waals surface area contributed by atoms with E-state index in [-0.39, 0.29) is 11.9 Å². The van der Waals surface area contributed by atoms with Gasteiger partial charge < -0.3 is 21.8 Å². The summed E-state index contributed by atoms with van der Waals surface area (Å²) in [7, 11) is 0. The lowest BCUT2D eigenvalue weighted by Crippen LogP contribution is -2.45. The number of rotatable bonds is 5. The monoisotopic (exact) mass is 324 g/mol. The van der Waals surface area contributed by atoms with Gasteiger partial charge in [-0.1, -0.05) is 22.0 Å². The second-order valence-corrected chi connectivity index (χ2v) is 5.33. The van der Waals surface area contributed by atoms with E-state index in [2.05, 4.69) is 26.2 Å². The first kappa shape index (κ1) is 14.0. The molecule has 0 saturated heterocycles. The van der Waals surface area contributed by atoms with Crippen LogP contribution >= 0.6 is 15.9 Å². The summed E-state index contributed by atoms with van der Waals surface area (Å²) in [6.07, 6.45) is 2.18. The van der Waals surface area contributed by atoms with Crippen molar-refractivity contribution in [3.05, 3.63) is 34.4 Å². The fraction of sp³-hybridized carbons (Fsp3) is 0.308. The second kappa shape index (κ2) is 6.18. The summed E-state index contributed by atoms with van der Waals surface area (Å²) in [6.45, 7) is 0.701. The number of H-pyrrole nitrogens is 1. The second-order valence-electron chi connectivity index (χ2n) is 4.42. The minimum Gasteiger partial charge on any atom is -0.361 e. The number of benzene rings is 1. The average molecular weight is 325 g/mol. The molecule has 0 fully saturated rings. The molecule has 1 heterocycles. The van der Waals surface area contributed by atoms with Crippen LogP contribution < -0.4 is 16.8 Å². The van der Waals surface area contributed by atoms with E-state index in [1.807, 2.05) is 24.4 Å². The number of hydrogen-bond donors (Lipinski definition) is 4.